The number of nitrogen functional groups attached to an aromatic ring is 1. The molecule has 0 aromatic carbocycles. The van der Waals surface area contributed by atoms with Crippen molar-refractivity contribution in [3.05, 3.63) is 22.9 Å². The van der Waals surface area contributed by atoms with Crippen molar-refractivity contribution < 1.29 is 8.78 Å². The van der Waals surface area contributed by atoms with Crippen molar-refractivity contribution in [1.82, 2.24) is 4.98 Å². The predicted molar refractivity (Wildman–Crippen MR) is 46.2 cm³/mol. The molecule has 0 radical (unpaired) electrons. The first kappa shape index (κ1) is 10.3. The van der Waals surface area contributed by atoms with E-state index in [1.165, 1.54) is 0 Å². The summed E-state index contributed by atoms with van der Waals surface area (Å²) in [5, 5.41) is 8.61. The summed E-state index contributed by atoms with van der Waals surface area (Å²) >= 11 is 0. The zero-order valence-electron chi connectivity index (χ0n) is 7.17. The number of halogens is 2. The number of rotatable bonds is 2. The molecule has 0 amide bonds. The molecule has 1 aromatic rings. The Morgan fingerprint density at radius 1 is 1.57 bits per heavy atom. The molecule has 1 aromatic heterocycles. The zero-order chi connectivity index (χ0) is 10.7. The third kappa shape index (κ3) is 1.78. The van der Waals surface area contributed by atoms with E-state index < -0.39 is 6.43 Å². The van der Waals surface area contributed by atoms with E-state index in [1.807, 2.05) is 0 Å². The second kappa shape index (κ2) is 3.98. The summed E-state index contributed by atoms with van der Waals surface area (Å²) < 4.78 is 24.9. The van der Waals surface area contributed by atoms with E-state index in [-0.39, 0.29) is 29.2 Å². The van der Waals surface area contributed by atoms with Gasteiger partial charge in [-0.05, 0) is 6.07 Å². The number of hydrogen-bond acceptors (Lipinski definition) is 4. The smallest absolute Gasteiger partial charge is 0.264 e. The van der Waals surface area contributed by atoms with Crippen molar-refractivity contribution in [1.29, 1.82) is 5.26 Å². The summed E-state index contributed by atoms with van der Waals surface area (Å²) in [7, 11) is 0. The lowest BCUT2D eigenvalue weighted by molar-refractivity contribution is 0.150. The van der Waals surface area contributed by atoms with Gasteiger partial charge in [0.25, 0.3) is 6.43 Å². The van der Waals surface area contributed by atoms with Crippen LogP contribution in [0, 0.1) is 11.3 Å². The summed E-state index contributed by atoms with van der Waals surface area (Å²) in [4.78, 5) is 3.61. The number of nitrogens with zero attached hydrogens (tertiary/aromatic N) is 2. The Morgan fingerprint density at radius 2 is 2.21 bits per heavy atom. The van der Waals surface area contributed by atoms with Crippen LogP contribution in [-0.2, 0) is 6.54 Å². The zero-order valence-corrected chi connectivity index (χ0v) is 7.17. The summed E-state index contributed by atoms with van der Waals surface area (Å²) in [6.07, 6.45) is -2.70. The summed E-state index contributed by atoms with van der Waals surface area (Å²) in [5.74, 6) is -0.103. The SMILES string of the molecule is N#Cc1nc(N)cc(C(F)F)c1CN. The van der Waals surface area contributed by atoms with Gasteiger partial charge in [0, 0.05) is 17.7 Å². The maximum Gasteiger partial charge on any atom is 0.264 e. The van der Waals surface area contributed by atoms with Crippen LogP contribution in [0.2, 0.25) is 0 Å². The van der Waals surface area contributed by atoms with Gasteiger partial charge >= 0.3 is 0 Å². The van der Waals surface area contributed by atoms with Gasteiger partial charge in [-0.25, -0.2) is 13.8 Å². The molecule has 0 fully saturated rings. The molecule has 0 unspecified atom stereocenters. The van der Waals surface area contributed by atoms with Crippen LogP contribution < -0.4 is 11.5 Å². The van der Waals surface area contributed by atoms with Crippen LogP contribution in [0.25, 0.3) is 0 Å². The van der Waals surface area contributed by atoms with Crippen molar-refractivity contribution in [2.75, 3.05) is 5.73 Å². The fourth-order valence-electron chi connectivity index (χ4n) is 1.11. The van der Waals surface area contributed by atoms with Gasteiger partial charge in [0.2, 0.25) is 0 Å². The predicted octanol–water partition coefficient (Wildman–Crippen LogP) is 0.932. The molecular formula is C8H8F2N4. The van der Waals surface area contributed by atoms with Gasteiger partial charge in [0.05, 0.1) is 0 Å². The average molecular weight is 198 g/mol. The number of alkyl halides is 2. The molecule has 0 spiro atoms. The minimum atomic E-state index is -2.70. The minimum Gasteiger partial charge on any atom is -0.384 e. The van der Waals surface area contributed by atoms with E-state index in [0.29, 0.717) is 0 Å². The third-order valence-corrected chi connectivity index (χ3v) is 1.72. The molecule has 0 aliphatic rings. The largest absolute Gasteiger partial charge is 0.384 e. The van der Waals surface area contributed by atoms with Crippen molar-refractivity contribution in [3.63, 3.8) is 0 Å². The van der Waals surface area contributed by atoms with Gasteiger partial charge < -0.3 is 11.5 Å². The highest BCUT2D eigenvalue weighted by Crippen LogP contribution is 2.25. The molecule has 0 atom stereocenters. The molecule has 1 heterocycles. The number of aromatic nitrogens is 1. The molecule has 0 bridgehead atoms. The number of nitriles is 1. The Kier molecular flexibility index (Phi) is 2.94. The molecule has 0 saturated carbocycles. The number of pyridine rings is 1. The lowest BCUT2D eigenvalue weighted by Crippen LogP contribution is -2.08. The maximum absolute atomic E-state index is 12.5. The first-order chi connectivity index (χ1) is 6.60. The highest BCUT2D eigenvalue weighted by molar-refractivity contribution is 5.46. The lowest BCUT2D eigenvalue weighted by Gasteiger charge is -2.08. The monoisotopic (exact) mass is 198 g/mol. The van der Waals surface area contributed by atoms with E-state index in [0.717, 1.165) is 6.07 Å². The second-order valence-electron chi connectivity index (χ2n) is 2.58. The Balaban J connectivity index is 3.41. The Bertz CT molecular complexity index is 384. The van der Waals surface area contributed by atoms with Crippen molar-refractivity contribution in [3.8, 4) is 6.07 Å². The first-order valence-corrected chi connectivity index (χ1v) is 3.77. The lowest BCUT2D eigenvalue weighted by atomic mass is 10.1. The van der Waals surface area contributed by atoms with E-state index in [4.69, 9.17) is 16.7 Å². The Morgan fingerprint density at radius 3 is 2.64 bits per heavy atom. The van der Waals surface area contributed by atoms with Gasteiger partial charge in [0.1, 0.15) is 17.6 Å². The summed E-state index contributed by atoms with van der Waals surface area (Å²) in [5.41, 5.74) is 10.1. The van der Waals surface area contributed by atoms with E-state index in [1.54, 1.807) is 6.07 Å². The van der Waals surface area contributed by atoms with Crippen molar-refractivity contribution in [2.45, 2.75) is 13.0 Å². The Hall–Kier alpha value is -1.74. The normalized spacial score (nSPS) is 10.2. The molecular weight excluding hydrogens is 190 g/mol. The summed E-state index contributed by atoms with van der Waals surface area (Å²) in [6.45, 7) is -0.157. The van der Waals surface area contributed by atoms with Gasteiger partial charge in [0.15, 0.2) is 0 Å². The van der Waals surface area contributed by atoms with Gasteiger partial charge in [-0.1, -0.05) is 0 Å². The first-order valence-electron chi connectivity index (χ1n) is 3.77. The molecule has 0 aliphatic carbocycles. The van der Waals surface area contributed by atoms with Crippen LogP contribution in [0.3, 0.4) is 0 Å². The fourth-order valence-corrected chi connectivity index (χ4v) is 1.11. The van der Waals surface area contributed by atoms with Gasteiger partial charge in [-0.2, -0.15) is 5.26 Å². The molecule has 1 rings (SSSR count). The topological polar surface area (TPSA) is 88.7 Å². The fraction of sp³-hybridized carbons (Fsp3) is 0.250. The number of hydrogen-bond donors (Lipinski definition) is 2. The molecule has 0 aliphatic heterocycles. The van der Waals surface area contributed by atoms with Gasteiger partial charge in [-0.3, -0.25) is 0 Å². The van der Waals surface area contributed by atoms with Crippen LogP contribution in [0.1, 0.15) is 23.2 Å². The molecule has 14 heavy (non-hydrogen) atoms. The van der Waals surface area contributed by atoms with E-state index in [9.17, 15) is 8.78 Å². The quantitative estimate of drug-likeness (QED) is 0.739. The van der Waals surface area contributed by atoms with Crippen molar-refractivity contribution in [2.24, 2.45) is 5.73 Å². The average Bonchev–Trinajstić information content (AvgIpc) is 2.16. The van der Waals surface area contributed by atoms with Crippen LogP contribution in [0.15, 0.2) is 6.07 Å². The van der Waals surface area contributed by atoms with Gasteiger partial charge in [-0.15, -0.1) is 0 Å². The van der Waals surface area contributed by atoms with Crippen LogP contribution in [0.4, 0.5) is 14.6 Å². The summed E-state index contributed by atoms with van der Waals surface area (Å²) in [6, 6.07) is 2.71. The molecule has 6 heteroatoms. The van der Waals surface area contributed by atoms with Crippen LogP contribution >= 0.6 is 0 Å². The molecule has 4 N–H and O–H groups in total. The molecule has 0 saturated heterocycles. The highest BCUT2D eigenvalue weighted by Gasteiger charge is 2.17. The minimum absolute atomic E-state index is 0.0525. The van der Waals surface area contributed by atoms with Crippen molar-refractivity contribution >= 4 is 5.82 Å². The van der Waals surface area contributed by atoms with E-state index in [2.05, 4.69) is 4.98 Å². The second-order valence-corrected chi connectivity index (χ2v) is 2.58. The third-order valence-electron chi connectivity index (χ3n) is 1.72. The van der Waals surface area contributed by atoms with Crippen LogP contribution in [-0.4, -0.2) is 4.98 Å². The maximum atomic E-state index is 12.5. The molecule has 4 nitrogen and oxygen atoms in total. The standard InChI is InChI=1S/C8H8F2N4/c9-8(10)4-1-7(13)14-6(3-12)5(4)2-11/h1,8H,2,11H2,(H2,13,14). The number of nitrogens with two attached hydrogens (primary N) is 2. The Labute approximate surface area is 79.1 Å². The highest BCUT2D eigenvalue weighted by atomic mass is 19.3. The number of anilines is 1. The van der Waals surface area contributed by atoms with E-state index >= 15 is 0 Å². The van der Waals surface area contributed by atoms with Crippen LogP contribution in [0.5, 0.6) is 0 Å². The molecule has 74 valence electrons.